The van der Waals surface area contributed by atoms with E-state index in [2.05, 4.69) is 174 Å². The third-order valence-corrected chi connectivity index (χ3v) is 11.5. The Kier molecular flexibility index (Phi) is 6.34. The lowest BCUT2D eigenvalue weighted by Crippen LogP contribution is -1.98. The van der Waals surface area contributed by atoms with E-state index >= 15 is 0 Å². The average Bonchev–Trinajstić information content (AvgIpc) is 3.65. The zero-order chi connectivity index (χ0) is 36.0. The molecule has 12 rings (SSSR count). The molecular formula is C52H31N3. The van der Waals surface area contributed by atoms with Crippen LogP contribution in [0.25, 0.3) is 115 Å². The summed E-state index contributed by atoms with van der Waals surface area (Å²) in [6, 6.07) is 66.0. The van der Waals surface area contributed by atoms with Crippen molar-refractivity contribution in [2.75, 3.05) is 0 Å². The van der Waals surface area contributed by atoms with Crippen LogP contribution in [0.5, 0.6) is 0 Å². The summed E-state index contributed by atoms with van der Waals surface area (Å²) in [4.78, 5) is 9.99. The lowest BCUT2D eigenvalue weighted by atomic mass is 9.86. The number of para-hydroxylation sites is 2. The molecule has 0 aliphatic carbocycles. The molecule has 0 spiro atoms. The molecule has 2 aromatic heterocycles. The van der Waals surface area contributed by atoms with E-state index in [9.17, 15) is 0 Å². The predicted octanol–water partition coefficient (Wildman–Crippen LogP) is 13.8. The lowest BCUT2D eigenvalue weighted by molar-refractivity contribution is 1.08. The maximum atomic E-state index is 5.00. The predicted molar refractivity (Wildman–Crippen MR) is 231 cm³/mol. The Labute approximate surface area is 316 Å². The van der Waals surface area contributed by atoms with Gasteiger partial charge in [-0.15, -0.1) is 0 Å². The average molecular weight is 698 g/mol. The van der Waals surface area contributed by atoms with Crippen LogP contribution in [0.2, 0.25) is 0 Å². The first kappa shape index (κ1) is 30.1. The van der Waals surface area contributed by atoms with Crippen molar-refractivity contribution in [1.29, 1.82) is 0 Å². The van der Waals surface area contributed by atoms with E-state index in [0.29, 0.717) is 0 Å². The topological polar surface area (TPSA) is 30.7 Å². The van der Waals surface area contributed by atoms with Crippen LogP contribution in [0.4, 0.5) is 0 Å². The van der Waals surface area contributed by atoms with Crippen LogP contribution in [0.15, 0.2) is 188 Å². The minimum absolute atomic E-state index is 0.905. The molecule has 3 heteroatoms. The first-order chi connectivity index (χ1) is 27.3. The maximum absolute atomic E-state index is 5.00. The number of hydrogen-bond acceptors (Lipinski definition) is 2. The molecule has 55 heavy (non-hydrogen) atoms. The van der Waals surface area contributed by atoms with E-state index in [4.69, 9.17) is 9.97 Å². The second kappa shape index (κ2) is 11.6. The molecule has 2 heterocycles. The number of nitrogens with zero attached hydrogens (tertiary/aromatic N) is 3. The van der Waals surface area contributed by atoms with Gasteiger partial charge in [0.2, 0.25) is 0 Å². The third-order valence-electron chi connectivity index (χ3n) is 11.5. The molecule has 0 amide bonds. The van der Waals surface area contributed by atoms with Gasteiger partial charge in [-0.1, -0.05) is 146 Å². The Hall–Kier alpha value is -7.36. The minimum Gasteiger partial charge on any atom is -0.291 e. The molecule has 0 fully saturated rings. The van der Waals surface area contributed by atoms with Gasteiger partial charge in [0.25, 0.3) is 0 Å². The van der Waals surface area contributed by atoms with E-state index in [-0.39, 0.29) is 0 Å². The number of benzene rings is 9. The molecule has 12 aromatic rings. The molecule has 0 radical (unpaired) electrons. The van der Waals surface area contributed by atoms with Crippen molar-refractivity contribution in [2.45, 2.75) is 0 Å². The van der Waals surface area contributed by atoms with Gasteiger partial charge < -0.3 is 0 Å². The molecule has 0 saturated carbocycles. The molecule has 0 unspecified atom stereocenters. The molecular weight excluding hydrogens is 667 g/mol. The van der Waals surface area contributed by atoms with E-state index in [1.165, 1.54) is 75.8 Å². The van der Waals surface area contributed by atoms with Gasteiger partial charge >= 0.3 is 0 Å². The highest BCUT2D eigenvalue weighted by Gasteiger charge is 2.17. The van der Waals surface area contributed by atoms with Gasteiger partial charge in [0, 0.05) is 11.1 Å². The van der Waals surface area contributed by atoms with Gasteiger partial charge in [0.15, 0.2) is 0 Å². The number of hydrogen-bond donors (Lipinski definition) is 0. The summed E-state index contributed by atoms with van der Waals surface area (Å²) in [5.41, 5.74) is 8.45. The van der Waals surface area contributed by atoms with Crippen LogP contribution in [0.3, 0.4) is 0 Å². The number of aromatic nitrogens is 3. The molecule has 0 saturated heterocycles. The molecule has 254 valence electrons. The van der Waals surface area contributed by atoms with E-state index in [1.54, 1.807) is 0 Å². The van der Waals surface area contributed by atoms with Crippen molar-refractivity contribution < 1.29 is 0 Å². The van der Waals surface area contributed by atoms with Crippen molar-refractivity contribution in [3.05, 3.63) is 188 Å². The second-order valence-corrected chi connectivity index (χ2v) is 14.6. The molecule has 0 aliphatic heterocycles. The highest BCUT2D eigenvalue weighted by Crippen LogP contribution is 2.44. The summed E-state index contributed by atoms with van der Waals surface area (Å²) in [5.74, 6) is 0.905. The van der Waals surface area contributed by atoms with Crippen molar-refractivity contribution in [3.8, 4) is 39.5 Å². The van der Waals surface area contributed by atoms with E-state index in [0.717, 1.165) is 39.4 Å². The molecule has 0 atom stereocenters. The number of fused-ring (bicyclic) bond motifs is 3. The fourth-order valence-electron chi connectivity index (χ4n) is 9.04. The Morgan fingerprint density at radius 1 is 0.364 bits per heavy atom. The van der Waals surface area contributed by atoms with Gasteiger partial charge in [-0.3, -0.25) is 9.55 Å². The van der Waals surface area contributed by atoms with Gasteiger partial charge in [-0.25, -0.2) is 4.98 Å². The smallest absolute Gasteiger partial charge is 0.145 e. The fourth-order valence-corrected chi connectivity index (χ4v) is 9.04. The molecule has 0 N–H and O–H groups in total. The molecule has 0 aliphatic rings. The first-order valence-corrected chi connectivity index (χ1v) is 18.8. The minimum atomic E-state index is 0.905. The Bertz CT molecular complexity index is 3450. The molecule has 10 aromatic carbocycles. The van der Waals surface area contributed by atoms with Crippen LogP contribution in [-0.2, 0) is 0 Å². The van der Waals surface area contributed by atoms with Crippen LogP contribution in [-0.4, -0.2) is 14.5 Å². The highest BCUT2D eigenvalue weighted by molar-refractivity contribution is 6.37. The SMILES string of the molecule is c1ccc(-c2nc3ccccc3n2-c2ccc(-c3ccc(-c4cc5ccc6cccc7c8cccc9ccc%10cccc(c(c4)c5c67)c%10c98)cc3)nc2)cc1. The molecule has 3 nitrogen and oxygen atoms in total. The Morgan fingerprint density at radius 2 is 0.945 bits per heavy atom. The van der Waals surface area contributed by atoms with Crippen molar-refractivity contribution >= 4 is 75.7 Å². The monoisotopic (exact) mass is 697 g/mol. The lowest BCUT2D eigenvalue weighted by Gasteiger charge is -2.17. The third kappa shape index (κ3) is 4.50. The largest absolute Gasteiger partial charge is 0.291 e. The Morgan fingerprint density at radius 3 is 1.60 bits per heavy atom. The number of imidazole rings is 1. The van der Waals surface area contributed by atoms with E-state index in [1.807, 2.05) is 18.3 Å². The van der Waals surface area contributed by atoms with Gasteiger partial charge in [0.05, 0.1) is 28.6 Å². The van der Waals surface area contributed by atoms with Crippen LogP contribution >= 0.6 is 0 Å². The van der Waals surface area contributed by atoms with Crippen LogP contribution in [0, 0.1) is 0 Å². The first-order valence-electron chi connectivity index (χ1n) is 18.8. The van der Waals surface area contributed by atoms with E-state index < -0.39 is 0 Å². The zero-order valence-corrected chi connectivity index (χ0v) is 29.7. The quantitative estimate of drug-likeness (QED) is 0.171. The van der Waals surface area contributed by atoms with Crippen LogP contribution in [0.1, 0.15) is 0 Å². The number of pyridine rings is 1. The zero-order valence-electron chi connectivity index (χ0n) is 29.7. The summed E-state index contributed by atoms with van der Waals surface area (Å²) in [6.07, 6.45) is 1.96. The maximum Gasteiger partial charge on any atom is 0.145 e. The molecule has 0 bridgehead atoms. The van der Waals surface area contributed by atoms with Crippen molar-refractivity contribution in [2.24, 2.45) is 0 Å². The Balaban J connectivity index is 1.00. The summed E-state index contributed by atoms with van der Waals surface area (Å²) < 4.78 is 2.20. The summed E-state index contributed by atoms with van der Waals surface area (Å²) in [6.45, 7) is 0. The standard InChI is InChI=1S/C52H31N3/c1-2-9-37(10-3-1)52-54-46-17-4-5-18-47(46)55(52)40-27-28-45(53-31-40)33-21-19-32(20-22-33)39-29-38-26-25-36-12-7-15-42-41-14-6-11-34-23-24-35-13-8-16-43(50(35)48(34)41)44(30-39)51(38)49(36)42/h1-31H. The highest BCUT2D eigenvalue weighted by atomic mass is 15.1. The summed E-state index contributed by atoms with van der Waals surface area (Å²) in [7, 11) is 0. The summed E-state index contributed by atoms with van der Waals surface area (Å²) in [5, 5.41) is 15.5. The van der Waals surface area contributed by atoms with Crippen LogP contribution < -0.4 is 0 Å². The van der Waals surface area contributed by atoms with Gasteiger partial charge in [0.1, 0.15) is 5.82 Å². The van der Waals surface area contributed by atoms with Crippen molar-refractivity contribution in [3.63, 3.8) is 0 Å². The second-order valence-electron chi connectivity index (χ2n) is 14.6. The normalized spacial score (nSPS) is 12.0. The van der Waals surface area contributed by atoms with Gasteiger partial charge in [-0.2, -0.15) is 0 Å². The summed E-state index contributed by atoms with van der Waals surface area (Å²) >= 11 is 0. The number of rotatable bonds is 4. The van der Waals surface area contributed by atoms with Gasteiger partial charge in [-0.05, 0) is 112 Å². The van der Waals surface area contributed by atoms with Crippen molar-refractivity contribution in [1.82, 2.24) is 14.5 Å². The fraction of sp³-hybridized carbons (Fsp3) is 0.